The maximum absolute atomic E-state index is 11.7. The standard InChI is InChI=1S/C19H16N2O6.C14H13NO2/c1-20-18(24)14-4-2-12(3-5-14)13-6-8-15(9-7-13)26-19(25)27-21-16(22)10-11-17(21)23;1-15-14(17)12-4-2-10(3-5-12)11-6-8-13(16)9-7-11/h2-9H,10-11H2,1H3,(H,20,24);2-9,16H,1H3,(H,15,17). The molecule has 0 unspecified atom stereocenters. The smallest absolute Gasteiger partial charge is 0.508 e. The van der Waals surface area contributed by atoms with E-state index in [-0.39, 0.29) is 36.2 Å². The largest absolute Gasteiger partial charge is 0.539 e. The summed E-state index contributed by atoms with van der Waals surface area (Å²) >= 11 is 0. The summed E-state index contributed by atoms with van der Waals surface area (Å²) < 4.78 is 4.97. The zero-order chi connectivity index (χ0) is 31.6. The van der Waals surface area contributed by atoms with Gasteiger partial charge in [0.2, 0.25) is 0 Å². The minimum absolute atomic E-state index is 0.0134. The van der Waals surface area contributed by atoms with Crippen LogP contribution in [0.4, 0.5) is 4.79 Å². The molecule has 0 bridgehead atoms. The van der Waals surface area contributed by atoms with Crippen LogP contribution in [0.25, 0.3) is 22.3 Å². The highest BCUT2D eigenvalue weighted by Gasteiger charge is 2.33. The quantitative estimate of drug-likeness (QED) is 0.165. The highest BCUT2D eigenvalue weighted by molar-refractivity contribution is 6.01. The van der Waals surface area contributed by atoms with E-state index in [1.807, 2.05) is 24.3 Å². The van der Waals surface area contributed by atoms with Crippen molar-refractivity contribution in [3.05, 3.63) is 108 Å². The van der Waals surface area contributed by atoms with Crippen LogP contribution in [0.15, 0.2) is 97.1 Å². The van der Waals surface area contributed by atoms with Crippen molar-refractivity contribution in [1.82, 2.24) is 15.7 Å². The van der Waals surface area contributed by atoms with Crippen molar-refractivity contribution in [2.45, 2.75) is 12.8 Å². The van der Waals surface area contributed by atoms with Crippen molar-refractivity contribution in [3.63, 3.8) is 0 Å². The molecular weight excluding hydrogens is 566 g/mol. The third kappa shape index (κ3) is 7.85. The van der Waals surface area contributed by atoms with E-state index in [4.69, 9.17) is 4.74 Å². The number of phenolic OH excluding ortho intramolecular Hbond substituents is 1. The Balaban J connectivity index is 0.000000223. The summed E-state index contributed by atoms with van der Waals surface area (Å²) in [6.45, 7) is 0. The fraction of sp³-hybridized carbons (Fsp3) is 0.121. The van der Waals surface area contributed by atoms with Gasteiger partial charge in [-0.3, -0.25) is 24.0 Å². The second-order valence-corrected chi connectivity index (χ2v) is 9.41. The monoisotopic (exact) mass is 595 g/mol. The average molecular weight is 596 g/mol. The van der Waals surface area contributed by atoms with Gasteiger partial charge in [-0.1, -0.05) is 53.6 Å². The second-order valence-electron chi connectivity index (χ2n) is 9.41. The number of nitrogens with one attached hydrogen (secondary N) is 2. The molecule has 1 fully saturated rings. The van der Waals surface area contributed by atoms with Crippen LogP contribution in [-0.2, 0) is 14.4 Å². The number of hydrogen-bond acceptors (Lipinski definition) is 8. The van der Waals surface area contributed by atoms with Crippen molar-refractivity contribution < 1.29 is 38.7 Å². The lowest BCUT2D eigenvalue weighted by Gasteiger charge is -2.12. The van der Waals surface area contributed by atoms with E-state index >= 15 is 0 Å². The highest BCUT2D eigenvalue weighted by Crippen LogP contribution is 2.24. The molecule has 44 heavy (non-hydrogen) atoms. The molecule has 4 aromatic rings. The predicted molar refractivity (Wildman–Crippen MR) is 160 cm³/mol. The number of hydrogen-bond donors (Lipinski definition) is 3. The molecule has 1 aliphatic heterocycles. The van der Waals surface area contributed by atoms with Gasteiger partial charge in [-0.25, -0.2) is 4.79 Å². The van der Waals surface area contributed by atoms with Crippen LogP contribution >= 0.6 is 0 Å². The van der Waals surface area contributed by atoms with Gasteiger partial charge in [0.1, 0.15) is 11.5 Å². The van der Waals surface area contributed by atoms with E-state index in [2.05, 4.69) is 15.5 Å². The van der Waals surface area contributed by atoms with Crippen molar-refractivity contribution in [2.75, 3.05) is 14.1 Å². The maximum Gasteiger partial charge on any atom is 0.539 e. The number of ether oxygens (including phenoxy) is 1. The van der Waals surface area contributed by atoms with Gasteiger partial charge in [-0.15, -0.1) is 0 Å². The molecular formula is C33H29N3O8. The normalized spacial score (nSPS) is 12.1. The molecule has 11 nitrogen and oxygen atoms in total. The molecule has 0 atom stereocenters. The molecule has 1 aliphatic rings. The molecule has 1 saturated heterocycles. The van der Waals surface area contributed by atoms with Gasteiger partial charge >= 0.3 is 6.16 Å². The van der Waals surface area contributed by atoms with E-state index in [0.29, 0.717) is 16.2 Å². The molecule has 11 heteroatoms. The number of aromatic hydroxyl groups is 1. The summed E-state index contributed by atoms with van der Waals surface area (Å²) in [7, 11) is 3.17. The molecule has 3 N–H and O–H groups in total. The van der Waals surface area contributed by atoms with Gasteiger partial charge in [0.05, 0.1) is 0 Å². The van der Waals surface area contributed by atoms with Crippen molar-refractivity contribution in [1.29, 1.82) is 0 Å². The lowest BCUT2D eigenvalue weighted by atomic mass is 10.0. The number of phenols is 1. The SMILES string of the molecule is CNC(=O)c1ccc(-c2ccc(O)cc2)cc1.CNC(=O)c1ccc(-c2ccc(OC(=O)ON3C(=O)CCC3=O)cc2)cc1. The Hall–Kier alpha value is -5.97. The molecule has 5 rings (SSSR count). The first kappa shape index (κ1) is 31.0. The summed E-state index contributed by atoms with van der Waals surface area (Å²) in [6.07, 6.45) is -1.14. The van der Waals surface area contributed by atoms with Crippen molar-refractivity contribution in [3.8, 4) is 33.8 Å². The highest BCUT2D eigenvalue weighted by atomic mass is 16.8. The fourth-order valence-electron chi connectivity index (χ4n) is 4.13. The van der Waals surface area contributed by atoms with Crippen molar-refractivity contribution >= 4 is 29.8 Å². The van der Waals surface area contributed by atoms with Gasteiger partial charge in [-0.2, -0.15) is 0 Å². The van der Waals surface area contributed by atoms with Crippen LogP contribution in [0, 0.1) is 0 Å². The van der Waals surface area contributed by atoms with Gasteiger partial charge in [0, 0.05) is 38.1 Å². The number of imide groups is 1. The van der Waals surface area contributed by atoms with Crippen LogP contribution in [-0.4, -0.2) is 54.0 Å². The summed E-state index contributed by atoms with van der Waals surface area (Å²) in [6, 6.07) is 27.9. The minimum Gasteiger partial charge on any atom is -0.508 e. The van der Waals surface area contributed by atoms with Gasteiger partial charge in [0.25, 0.3) is 23.6 Å². The summed E-state index contributed by atoms with van der Waals surface area (Å²) in [5.41, 5.74) is 4.93. The fourth-order valence-corrected chi connectivity index (χ4v) is 4.13. The first-order valence-corrected chi connectivity index (χ1v) is 13.5. The van der Waals surface area contributed by atoms with E-state index in [0.717, 1.165) is 22.3 Å². The third-order valence-electron chi connectivity index (χ3n) is 6.51. The second kappa shape index (κ2) is 14.3. The van der Waals surface area contributed by atoms with Crippen molar-refractivity contribution in [2.24, 2.45) is 0 Å². The first-order chi connectivity index (χ1) is 21.2. The minimum atomic E-state index is -1.17. The number of benzene rings is 4. The number of carbonyl (C=O) groups is 5. The number of amides is 4. The topological polar surface area (TPSA) is 151 Å². The Morgan fingerprint density at radius 1 is 0.614 bits per heavy atom. The zero-order valence-corrected chi connectivity index (χ0v) is 23.9. The summed E-state index contributed by atoms with van der Waals surface area (Å²) in [5, 5.41) is 14.7. The molecule has 0 aliphatic carbocycles. The van der Waals surface area contributed by atoms with Crippen LogP contribution in [0.1, 0.15) is 33.6 Å². The van der Waals surface area contributed by atoms with E-state index in [1.54, 1.807) is 86.9 Å². The number of nitrogens with zero attached hydrogens (tertiary/aromatic N) is 1. The Kier molecular flexibility index (Phi) is 10.0. The molecule has 224 valence electrons. The number of hydroxylamine groups is 2. The number of rotatable bonds is 6. The first-order valence-electron chi connectivity index (χ1n) is 13.5. The van der Waals surface area contributed by atoms with Crippen LogP contribution < -0.4 is 15.4 Å². The lowest BCUT2D eigenvalue weighted by molar-refractivity contribution is -0.174. The number of carbonyl (C=O) groups excluding carboxylic acids is 5. The molecule has 0 radical (unpaired) electrons. The Morgan fingerprint density at radius 2 is 0.977 bits per heavy atom. The Bertz CT molecular complexity index is 1630. The molecule has 4 amide bonds. The third-order valence-corrected chi connectivity index (χ3v) is 6.51. The van der Waals surface area contributed by atoms with E-state index in [9.17, 15) is 29.1 Å². The zero-order valence-electron chi connectivity index (χ0n) is 23.9. The Labute approximate surface area is 253 Å². The van der Waals surface area contributed by atoms with Gasteiger partial charge in [-0.05, 0) is 70.8 Å². The Morgan fingerprint density at radius 3 is 1.36 bits per heavy atom. The van der Waals surface area contributed by atoms with E-state index < -0.39 is 18.0 Å². The summed E-state index contributed by atoms with van der Waals surface area (Å²) in [4.78, 5) is 62.1. The summed E-state index contributed by atoms with van der Waals surface area (Å²) in [5.74, 6) is -0.971. The predicted octanol–water partition coefficient (Wildman–Crippen LogP) is 4.71. The van der Waals surface area contributed by atoms with Crippen LogP contribution in [0.2, 0.25) is 0 Å². The maximum atomic E-state index is 11.7. The van der Waals surface area contributed by atoms with Crippen LogP contribution in [0.3, 0.4) is 0 Å². The molecule has 0 saturated carbocycles. The lowest BCUT2D eigenvalue weighted by Crippen LogP contribution is -2.33. The average Bonchev–Trinajstić information content (AvgIpc) is 3.37. The van der Waals surface area contributed by atoms with Gasteiger partial charge in [0.15, 0.2) is 0 Å². The van der Waals surface area contributed by atoms with Crippen LogP contribution in [0.5, 0.6) is 11.5 Å². The molecule has 1 heterocycles. The van der Waals surface area contributed by atoms with Gasteiger partial charge < -0.3 is 20.5 Å². The molecule has 4 aromatic carbocycles. The van der Waals surface area contributed by atoms with E-state index in [1.165, 1.54) is 0 Å². The molecule has 0 spiro atoms. The molecule has 0 aromatic heterocycles.